The molecule has 0 saturated carbocycles. The fourth-order valence-electron chi connectivity index (χ4n) is 1.43. The number of nitrogens with one attached hydrogen (secondary N) is 2. The lowest BCUT2D eigenvalue weighted by molar-refractivity contribution is 0.361. The summed E-state index contributed by atoms with van der Waals surface area (Å²) in [6, 6.07) is 0. The van der Waals surface area contributed by atoms with Crippen molar-refractivity contribution in [2.24, 2.45) is 10.4 Å². The van der Waals surface area contributed by atoms with E-state index in [0.717, 1.165) is 25.5 Å². The molecule has 0 radical (unpaired) electrons. The molecule has 0 amide bonds. The van der Waals surface area contributed by atoms with Crippen molar-refractivity contribution < 1.29 is 0 Å². The Kier molecular flexibility index (Phi) is 8.31. The summed E-state index contributed by atoms with van der Waals surface area (Å²) in [5, 5.41) is 6.25. The molecule has 3 nitrogen and oxygen atoms in total. The molecule has 0 saturated heterocycles. The molecule has 3 heteroatoms. The van der Waals surface area contributed by atoms with Gasteiger partial charge in [-0.1, -0.05) is 33.1 Å². The van der Waals surface area contributed by atoms with Crippen molar-refractivity contribution in [1.82, 2.24) is 10.6 Å². The molecule has 2 N–H and O–H groups in total. The molecule has 0 aliphatic carbocycles. The number of terminal acetylenes is 1. The summed E-state index contributed by atoms with van der Waals surface area (Å²) >= 11 is 0. The van der Waals surface area contributed by atoms with Crippen LogP contribution in [0.15, 0.2) is 4.99 Å². The number of unbranched alkanes of at least 4 members (excludes halogenated alkanes) is 1. The monoisotopic (exact) mass is 237 g/mol. The molecule has 0 rings (SSSR count). The van der Waals surface area contributed by atoms with Gasteiger partial charge in [-0.3, -0.25) is 4.99 Å². The zero-order valence-corrected chi connectivity index (χ0v) is 11.8. The van der Waals surface area contributed by atoms with Gasteiger partial charge in [0.15, 0.2) is 5.96 Å². The van der Waals surface area contributed by atoms with Crippen molar-refractivity contribution >= 4 is 5.96 Å². The Balaban J connectivity index is 3.80. The Morgan fingerprint density at radius 1 is 1.24 bits per heavy atom. The highest BCUT2D eigenvalue weighted by Crippen LogP contribution is 2.21. The van der Waals surface area contributed by atoms with Crippen molar-refractivity contribution in [3.8, 4) is 12.3 Å². The van der Waals surface area contributed by atoms with E-state index in [1.165, 1.54) is 12.8 Å². The van der Waals surface area contributed by atoms with Gasteiger partial charge in [0, 0.05) is 13.1 Å². The van der Waals surface area contributed by atoms with Crippen LogP contribution in [0.3, 0.4) is 0 Å². The largest absolute Gasteiger partial charge is 0.357 e. The molecule has 0 heterocycles. The average molecular weight is 237 g/mol. The summed E-state index contributed by atoms with van der Waals surface area (Å²) in [6.07, 6.45) is 8.80. The van der Waals surface area contributed by atoms with Crippen molar-refractivity contribution in [3.05, 3.63) is 0 Å². The van der Waals surface area contributed by atoms with E-state index in [-0.39, 0.29) is 0 Å². The summed E-state index contributed by atoms with van der Waals surface area (Å²) in [5.74, 6) is 3.37. The predicted octanol–water partition coefficient (Wildman–Crippen LogP) is 2.39. The fraction of sp³-hybridized carbons (Fsp3) is 0.786. The van der Waals surface area contributed by atoms with Crippen molar-refractivity contribution in [1.29, 1.82) is 0 Å². The standard InChI is InChI=1S/C14H27N3/c1-6-11-16-13(15-7-2)17-12-9-8-10-14(3,4)5/h1H,7-12H2,2-5H3,(H2,15,16,17). The van der Waals surface area contributed by atoms with Crippen LogP contribution >= 0.6 is 0 Å². The molecule has 0 aromatic carbocycles. The van der Waals surface area contributed by atoms with Gasteiger partial charge in [0.05, 0.1) is 6.54 Å². The Bertz CT molecular complexity index is 256. The summed E-state index contributed by atoms with van der Waals surface area (Å²) in [5.41, 5.74) is 0.427. The minimum atomic E-state index is 0.427. The molecule has 0 aromatic rings. The molecule has 0 fully saturated rings. The van der Waals surface area contributed by atoms with Crippen LogP contribution in [-0.2, 0) is 0 Å². The van der Waals surface area contributed by atoms with Gasteiger partial charge in [0.25, 0.3) is 0 Å². The molecule has 0 spiro atoms. The number of rotatable bonds is 6. The van der Waals surface area contributed by atoms with E-state index >= 15 is 0 Å². The van der Waals surface area contributed by atoms with Crippen LogP contribution < -0.4 is 10.6 Å². The Morgan fingerprint density at radius 3 is 2.47 bits per heavy atom. The summed E-state index contributed by atoms with van der Waals surface area (Å²) in [4.78, 5) is 4.47. The predicted molar refractivity (Wildman–Crippen MR) is 76.1 cm³/mol. The van der Waals surface area contributed by atoms with Gasteiger partial charge in [-0.2, -0.15) is 0 Å². The first-order valence-electron chi connectivity index (χ1n) is 6.45. The van der Waals surface area contributed by atoms with Gasteiger partial charge >= 0.3 is 0 Å². The van der Waals surface area contributed by atoms with E-state index in [2.05, 4.69) is 42.3 Å². The zero-order valence-electron chi connectivity index (χ0n) is 11.8. The summed E-state index contributed by atoms with van der Waals surface area (Å²) in [6.45, 7) is 11.1. The van der Waals surface area contributed by atoms with E-state index in [1.807, 2.05) is 6.92 Å². The Hall–Kier alpha value is -1.17. The van der Waals surface area contributed by atoms with Gasteiger partial charge in [-0.05, 0) is 25.2 Å². The van der Waals surface area contributed by atoms with Gasteiger partial charge in [0.2, 0.25) is 0 Å². The maximum Gasteiger partial charge on any atom is 0.192 e. The zero-order chi connectivity index (χ0) is 13.1. The third kappa shape index (κ3) is 11.1. The lowest BCUT2D eigenvalue weighted by atomic mass is 9.90. The van der Waals surface area contributed by atoms with Gasteiger partial charge in [-0.15, -0.1) is 6.42 Å². The Labute approximate surface area is 106 Å². The van der Waals surface area contributed by atoms with E-state index in [0.29, 0.717) is 12.0 Å². The summed E-state index contributed by atoms with van der Waals surface area (Å²) < 4.78 is 0. The van der Waals surface area contributed by atoms with E-state index in [4.69, 9.17) is 6.42 Å². The SMILES string of the molecule is C#CCNC(=NCCCCC(C)(C)C)NCC. The topological polar surface area (TPSA) is 36.4 Å². The van der Waals surface area contributed by atoms with Crippen LogP contribution in [0.5, 0.6) is 0 Å². The Morgan fingerprint density at radius 2 is 1.94 bits per heavy atom. The average Bonchev–Trinajstić information content (AvgIpc) is 2.23. The summed E-state index contributed by atoms with van der Waals surface area (Å²) in [7, 11) is 0. The molecule has 0 unspecified atom stereocenters. The first-order chi connectivity index (χ1) is 7.99. The van der Waals surface area contributed by atoms with Crippen LogP contribution in [-0.4, -0.2) is 25.6 Å². The van der Waals surface area contributed by atoms with Crippen LogP contribution in [0.1, 0.15) is 47.0 Å². The normalized spacial score (nSPS) is 12.1. The quantitative estimate of drug-likeness (QED) is 0.322. The van der Waals surface area contributed by atoms with Crippen LogP contribution in [0.2, 0.25) is 0 Å². The second-order valence-corrected chi connectivity index (χ2v) is 5.34. The van der Waals surface area contributed by atoms with Gasteiger partial charge in [-0.25, -0.2) is 0 Å². The molecular formula is C14H27N3. The van der Waals surface area contributed by atoms with Gasteiger partial charge in [0.1, 0.15) is 0 Å². The minimum absolute atomic E-state index is 0.427. The molecular weight excluding hydrogens is 210 g/mol. The molecule has 0 atom stereocenters. The van der Waals surface area contributed by atoms with E-state index in [1.54, 1.807) is 0 Å². The molecule has 0 aromatic heterocycles. The number of nitrogens with zero attached hydrogens (tertiary/aromatic N) is 1. The van der Waals surface area contributed by atoms with Crippen molar-refractivity contribution in [2.75, 3.05) is 19.6 Å². The highest BCUT2D eigenvalue weighted by molar-refractivity contribution is 5.79. The lowest BCUT2D eigenvalue weighted by Crippen LogP contribution is -2.37. The third-order valence-corrected chi connectivity index (χ3v) is 2.31. The van der Waals surface area contributed by atoms with Crippen molar-refractivity contribution in [2.45, 2.75) is 47.0 Å². The van der Waals surface area contributed by atoms with Crippen molar-refractivity contribution in [3.63, 3.8) is 0 Å². The molecule has 0 aliphatic heterocycles. The van der Waals surface area contributed by atoms with Crippen LogP contribution in [0.25, 0.3) is 0 Å². The van der Waals surface area contributed by atoms with Crippen LogP contribution in [0, 0.1) is 17.8 Å². The number of aliphatic imine (C=N–C) groups is 1. The molecule has 0 bridgehead atoms. The van der Waals surface area contributed by atoms with Crippen LogP contribution in [0.4, 0.5) is 0 Å². The highest BCUT2D eigenvalue weighted by Gasteiger charge is 2.08. The second kappa shape index (κ2) is 8.92. The van der Waals surface area contributed by atoms with E-state index in [9.17, 15) is 0 Å². The lowest BCUT2D eigenvalue weighted by Gasteiger charge is -2.17. The molecule has 0 aliphatic rings. The molecule has 98 valence electrons. The first kappa shape index (κ1) is 15.8. The van der Waals surface area contributed by atoms with Gasteiger partial charge < -0.3 is 10.6 Å². The second-order valence-electron chi connectivity index (χ2n) is 5.34. The maximum atomic E-state index is 5.20. The molecule has 17 heavy (non-hydrogen) atoms. The number of hydrogen-bond acceptors (Lipinski definition) is 1. The maximum absolute atomic E-state index is 5.20. The number of guanidine groups is 1. The highest BCUT2D eigenvalue weighted by atomic mass is 15.2. The number of hydrogen-bond donors (Lipinski definition) is 2. The minimum Gasteiger partial charge on any atom is -0.357 e. The van der Waals surface area contributed by atoms with E-state index < -0.39 is 0 Å². The fourth-order valence-corrected chi connectivity index (χ4v) is 1.43. The smallest absolute Gasteiger partial charge is 0.192 e. The first-order valence-corrected chi connectivity index (χ1v) is 6.45. The third-order valence-electron chi connectivity index (χ3n) is 2.31.